The highest BCUT2D eigenvalue weighted by atomic mass is 32.2. The van der Waals surface area contributed by atoms with Crippen LogP contribution in [0.4, 0.5) is 5.69 Å². The van der Waals surface area contributed by atoms with Gasteiger partial charge in [0.25, 0.3) is 5.91 Å². The van der Waals surface area contributed by atoms with Crippen LogP contribution in [0.3, 0.4) is 0 Å². The van der Waals surface area contributed by atoms with Crippen molar-refractivity contribution >= 4 is 29.1 Å². The van der Waals surface area contributed by atoms with Crippen molar-refractivity contribution in [2.45, 2.75) is 18.6 Å². The zero-order chi connectivity index (χ0) is 22.1. The Morgan fingerprint density at radius 2 is 1.75 bits per heavy atom. The Hall–Kier alpha value is -3.64. The lowest BCUT2D eigenvalue weighted by Gasteiger charge is -2.11. The van der Waals surface area contributed by atoms with E-state index in [1.165, 1.54) is 0 Å². The van der Waals surface area contributed by atoms with Gasteiger partial charge in [-0.3, -0.25) is 9.59 Å². The molecule has 32 heavy (non-hydrogen) atoms. The molecule has 0 aliphatic carbocycles. The number of fused-ring (bicyclic) bond motifs is 1. The average Bonchev–Trinajstić information content (AvgIpc) is 3.42. The summed E-state index contributed by atoms with van der Waals surface area (Å²) in [6.07, 6.45) is 2.05. The minimum absolute atomic E-state index is 0.172. The average molecular weight is 440 g/mol. The first kappa shape index (κ1) is 20.3. The highest BCUT2D eigenvalue weighted by Crippen LogP contribution is 2.30. The summed E-state index contributed by atoms with van der Waals surface area (Å²) in [5.41, 5.74) is 4.85. The Morgan fingerprint density at radius 3 is 2.53 bits per heavy atom. The van der Waals surface area contributed by atoms with Gasteiger partial charge in [0.1, 0.15) is 0 Å². The predicted octanol–water partition coefficient (Wildman–Crippen LogP) is 5.45. The molecule has 158 valence electrons. The third-order valence-electron chi connectivity index (χ3n) is 5.45. The van der Waals surface area contributed by atoms with Crippen molar-refractivity contribution in [3.63, 3.8) is 0 Å². The molecular weight excluding hydrogens is 418 g/mol. The molecule has 3 aromatic carbocycles. The minimum Gasteiger partial charge on any atom is -0.325 e. The van der Waals surface area contributed by atoms with Crippen molar-refractivity contribution in [1.82, 2.24) is 9.55 Å². The first-order valence-electron chi connectivity index (χ1n) is 10.4. The summed E-state index contributed by atoms with van der Waals surface area (Å²) in [4.78, 5) is 30.8. The number of amides is 1. The lowest BCUT2D eigenvalue weighted by molar-refractivity contribution is 0.0996. The Balaban J connectivity index is 1.40. The number of carbonyl (C=O) groups excluding carboxylic acids is 2. The largest absolute Gasteiger partial charge is 0.325 e. The van der Waals surface area contributed by atoms with E-state index in [2.05, 4.69) is 14.9 Å². The maximum Gasteiger partial charge on any atom is 0.256 e. The number of hydrogen-bond donors (Lipinski definition) is 1. The Kier molecular flexibility index (Phi) is 5.37. The van der Waals surface area contributed by atoms with Gasteiger partial charge in [0, 0.05) is 40.9 Å². The predicted molar refractivity (Wildman–Crippen MR) is 127 cm³/mol. The quantitative estimate of drug-likeness (QED) is 0.420. The van der Waals surface area contributed by atoms with E-state index in [0.29, 0.717) is 22.4 Å². The molecular formula is C26H21N3O2S. The van der Waals surface area contributed by atoms with E-state index < -0.39 is 0 Å². The second-order valence-corrected chi connectivity index (χ2v) is 8.79. The molecule has 1 amide bonds. The van der Waals surface area contributed by atoms with Crippen LogP contribution >= 0.6 is 11.8 Å². The molecule has 2 heterocycles. The van der Waals surface area contributed by atoms with Crippen molar-refractivity contribution < 1.29 is 9.59 Å². The van der Waals surface area contributed by atoms with E-state index >= 15 is 0 Å². The molecule has 0 radical (unpaired) electrons. The van der Waals surface area contributed by atoms with Gasteiger partial charge in [-0.1, -0.05) is 71.9 Å². The molecule has 1 aromatic heterocycles. The van der Waals surface area contributed by atoms with Gasteiger partial charge in [-0.25, -0.2) is 4.98 Å². The number of aryl methyl sites for hydroxylation is 2. The number of nitrogens with one attached hydrogen (secondary N) is 1. The number of rotatable bonds is 5. The van der Waals surface area contributed by atoms with Crippen LogP contribution < -0.4 is 5.32 Å². The normalized spacial score (nSPS) is 12.4. The number of aromatic nitrogens is 2. The number of nitrogens with zero attached hydrogens (tertiary/aromatic N) is 2. The SMILES string of the molecule is Cc1ccc(C(=O)c2ccccc2C(=O)Nc2cccc(-c3cn4c(n3)SCC4)c2)cc1. The summed E-state index contributed by atoms with van der Waals surface area (Å²) in [6.45, 7) is 2.94. The Bertz CT molecular complexity index is 1300. The van der Waals surface area contributed by atoms with E-state index in [0.717, 1.165) is 34.3 Å². The van der Waals surface area contributed by atoms with Gasteiger partial charge in [0.05, 0.1) is 11.3 Å². The van der Waals surface area contributed by atoms with Crippen molar-refractivity contribution in [2.75, 3.05) is 11.1 Å². The molecule has 0 bridgehead atoms. The summed E-state index contributed by atoms with van der Waals surface area (Å²) in [7, 11) is 0. The van der Waals surface area contributed by atoms with Gasteiger partial charge in [-0.15, -0.1) is 0 Å². The van der Waals surface area contributed by atoms with Gasteiger partial charge in [0.2, 0.25) is 0 Å². The van der Waals surface area contributed by atoms with Gasteiger partial charge >= 0.3 is 0 Å². The molecule has 5 nitrogen and oxygen atoms in total. The number of ketones is 1. The zero-order valence-electron chi connectivity index (χ0n) is 17.5. The molecule has 1 aliphatic heterocycles. The molecule has 0 fully saturated rings. The van der Waals surface area contributed by atoms with Crippen LogP contribution in [0.25, 0.3) is 11.3 Å². The smallest absolute Gasteiger partial charge is 0.256 e. The fourth-order valence-corrected chi connectivity index (χ4v) is 4.69. The number of imidazole rings is 1. The van der Waals surface area contributed by atoms with E-state index in [1.54, 1.807) is 48.2 Å². The number of benzene rings is 3. The standard InChI is InChI=1S/C26H21N3O2S/c1-17-9-11-18(12-10-17)24(30)21-7-2-3-8-22(21)25(31)27-20-6-4-5-19(15-20)23-16-29-13-14-32-26(29)28-23/h2-12,15-16H,13-14H2,1H3,(H,27,31). The monoisotopic (exact) mass is 439 g/mol. The second kappa shape index (κ2) is 8.48. The van der Waals surface area contributed by atoms with E-state index in [9.17, 15) is 9.59 Å². The van der Waals surface area contributed by atoms with Gasteiger partial charge in [-0.2, -0.15) is 0 Å². The van der Waals surface area contributed by atoms with Crippen molar-refractivity contribution in [1.29, 1.82) is 0 Å². The number of thioether (sulfide) groups is 1. The molecule has 0 unspecified atom stereocenters. The van der Waals surface area contributed by atoms with Crippen molar-refractivity contribution in [3.8, 4) is 11.3 Å². The zero-order valence-corrected chi connectivity index (χ0v) is 18.4. The molecule has 0 saturated heterocycles. The van der Waals surface area contributed by atoms with Gasteiger partial charge < -0.3 is 9.88 Å². The molecule has 1 N–H and O–H groups in total. The first-order valence-corrected chi connectivity index (χ1v) is 11.4. The second-order valence-electron chi connectivity index (χ2n) is 7.73. The summed E-state index contributed by atoms with van der Waals surface area (Å²) in [5, 5.41) is 3.97. The van der Waals surface area contributed by atoms with Crippen LogP contribution in [0.15, 0.2) is 84.1 Å². The third-order valence-corrected chi connectivity index (χ3v) is 6.42. The van der Waals surface area contributed by atoms with E-state index in [1.807, 2.05) is 49.5 Å². The van der Waals surface area contributed by atoms with Crippen LogP contribution in [0.2, 0.25) is 0 Å². The lowest BCUT2D eigenvalue weighted by atomic mass is 9.97. The number of carbonyl (C=O) groups is 2. The highest BCUT2D eigenvalue weighted by Gasteiger charge is 2.19. The molecule has 5 rings (SSSR count). The topological polar surface area (TPSA) is 64.0 Å². The first-order chi connectivity index (χ1) is 15.6. The van der Waals surface area contributed by atoms with E-state index in [4.69, 9.17) is 0 Å². The molecule has 4 aromatic rings. The van der Waals surface area contributed by atoms with Gasteiger partial charge in [0.15, 0.2) is 10.9 Å². The summed E-state index contributed by atoms with van der Waals surface area (Å²) >= 11 is 1.75. The molecule has 0 atom stereocenters. The van der Waals surface area contributed by atoms with Crippen LogP contribution in [0.1, 0.15) is 31.8 Å². The Morgan fingerprint density at radius 1 is 0.969 bits per heavy atom. The fraction of sp³-hybridized carbons (Fsp3) is 0.115. The van der Waals surface area contributed by atoms with Crippen molar-refractivity contribution in [3.05, 3.63) is 101 Å². The number of anilines is 1. The van der Waals surface area contributed by atoms with Crippen LogP contribution in [-0.2, 0) is 6.54 Å². The van der Waals surface area contributed by atoms with Gasteiger partial charge in [-0.05, 0) is 25.1 Å². The lowest BCUT2D eigenvalue weighted by Crippen LogP contribution is -2.17. The van der Waals surface area contributed by atoms with E-state index in [-0.39, 0.29) is 11.7 Å². The van der Waals surface area contributed by atoms with Crippen molar-refractivity contribution in [2.24, 2.45) is 0 Å². The molecule has 6 heteroatoms. The summed E-state index contributed by atoms with van der Waals surface area (Å²) in [5.74, 6) is 0.565. The van der Waals surface area contributed by atoms with Crippen LogP contribution in [-0.4, -0.2) is 27.0 Å². The maximum absolute atomic E-state index is 13.1. The summed E-state index contributed by atoms with van der Waals surface area (Å²) < 4.78 is 2.15. The highest BCUT2D eigenvalue weighted by molar-refractivity contribution is 7.99. The molecule has 1 aliphatic rings. The van der Waals surface area contributed by atoms with Crippen LogP contribution in [0, 0.1) is 6.92 Å². The Labute approximate surface area is 190 Å². The number of hydrogen-bond acceptors (Lipinski definition) is 4. The van der Waals surface area contributed by atoms with Crippen LogP contribution in [0.5, 0.6) is 0 Å². The maximum atomic E-state index is 13.1. The third kappa shape index (κ3) is 3.97. The summed E-state index contributed by atoms with van der Waals surface area (Å²) in [6, 6.07) is 21.9. The minimum atomic E-state index is -0.318. The fourth-order valence-electron chi connectivity index (χ4n) is 3.74. The molecule has 0 saturated carbocycles. The molecule has 0 spiro atoms.